The smallest absolute Gasteiger partial charge is 0.338 e. The summed E-state index contributed by atoms with van der Waals surface area (Å²) in [5.41, 5.74) is 0.785. The second kappa shape index (κ2) is 5.91. The van der Waals surface area contributed by atoms with E-state index in [1.807, 2.05) is 19.1 Å². The Labute approximate surface area is 161 Å². The maximum Gasteiger partial charge on any atom is 0.338 e. The predicted molar refractivity (Wildman–Crippen MR) is 98.8 cm³/mol. The van der Waals surface area contributed by atoms with Crippen LogP contribution in [0, 0.1) is 22.7 Å². The Morgan fingerprint density at radius 1 is 1.15 bits per heavy atom. The number of hydrogen-bond acceptors (Lipinski definition) is 5. The fourth-order valence-electron chi connectivity index (χ4n) is 6.61. The Morgan fingerprint density at radius 2 is 1.96 bits per heavy atom. The van der Waals surface area contributed by atoms with E-state index >= 15 is 0 Å². The number of rotatable bonds is 2. The zero-order chi connectivity index (χ0) is 18.9. The number of epoxide rings is 1. The van der Waals surface area contributed by atoms with Gasteiger partial charge >= 0.3 is 5.97 Å². The fraction of sp³-hybridized carbons (Fsp3) is 0.773. The summed E-state index contributed by atoms with van der Waals surface area (Å²) < 4.78 is 23.3. The molecule has 0 aromatic rings. The molecule has 0 amide bonds. The first-order chi connectivity index (χ1) is 12.9. The Morgan fingerprint density at radius 3 is 2.67 bits per heavy atom. The van der Waals surface area contributed by atoms with Gasteiger partial charge in [0.05, 0.1) is 30.5 Å². The highest BCUT2D eigenvalue weighted by Gasteiger charge is 2.67. The fourth-order valence-corrected chi connectivity index (χ4v) is 6.61. The number of carbonyl (C=O) groups is 1. The SMILES string of the molecule is C[C@@H]1OC[C@@]2(C)[C@H]3CC[C@@]4(CO4)[C@@H](/C=C/C4=CCOC4=O)[C@]3(C)CC[C@H]2O1. The van der Waals surface area contributed by atoms with E-state index in [0.29, 0.717) is 24.0 Å². The first-order valence-corrected chi connectivity index (χ1v) is 10.3. The van der Waals surface area contributed by atoms with Crippen LogP contribution in [0.4, 0.5) is 0 Å². The van der Waals surface area contributed by atoms with Crippen molar-refractivity contribution in [3.05, 3.63) is 23.8 Å². The molecule has 0 N–H and O–H groups in total. The molecule has 148 valence electrons. The Kier molecular flexibility index (Phi) is 3.92. The second-order valence-electron chi connectivity index (χ2n) is 9.59. The first-order valence-electron chi connectivity index (χ1n) is 10.3. The normalized spacial score (nSPS) is 51.7. The molecule has 3 heterocycles. The van der Waals surface area contributed by atoms with Gasteiger partial charge in [-0.1, -0.05) is 26.0 Å². The van der Waals surface area contributed by atoms with E-state index in [1.54, 1.807) is 0 Å². The molecule has 0 radical (unpaired) electrons. The lowest BCUT2D eigenvalue weighted by Gasteiger charge is -2.62. The molecule has 5 rings (SSSR count). The van der Waals surface area contributed by atoms with E-state index in [-0.39, 0.29) is 34.8 Å². The van der Waals surface area contributed by atoms with Crippen molar-refractivity contribution in [1.82, 2.24) is 0 Å². The minimum absolute atomic E-state index is 0.0354. The van der Waals surface area contributed by atoms with Crippen LogP contribution >= 0.6 is 0 Å². The van der Waals surface area contributed by atoms with Gasteiger partial charge in [-0.05, 0) is 50.0 Å². The van der Waals surface area contributed by atoms with Gasteiger partial charge < -0.3 is 18.9 Å². The van der Waals surface area contributed by atoms with Crippen molar-refractivity contribution in [2.24, 2.45) is 22.7 Å². The van der Waals surface area contributed by atoms with Gasteiger partial charge in [0.15, 0.2) is 6.29 Å². The highest BCUT2D eigenvalue weighted by Crippen LogP contribution is 2.66. The summed E-state index contributed by atoms with van der Waals surface area (Å²) in [6, 6.07) is 0. The molecule has 2 saturated heterocycles. The molecule has 2 aliphatic carbocycles. The lowest BCUT2D eigenvalue weighted by atomic mass is 9.45. The molecule has 5 heteroatoms. The van der Waals surface area contributed by atoms with Gasteiger partial charge in [-0.2, -0.15) is 0 Å². The molecule has 0 bridgehead atoms. The number of ether oxygens (including phenoxy) is 4. The van der Waals surface area contributed by atoms with E-state index in [4.69, 9.17) is 18.9 Å². The largest absolute Gasteiger partial charge is 0.458 e. The molecular weight excluding hydrogens is 344 g/mol. The monoisotopic (exact) mass is 374 g/mol. The predicted octanol–water partition coefficient (Wildman–Crippen LogP) is 3.39. The van der Waals surface area contributed by atoms with Crippen LogP contribution in [0.3, 0.4) is 0 Å². The topological polar surface area (TPSA) is 57.3 Å². The molecule has 5 nitrogen and oxygen atoms in total. The maximum atomic E-state index is 11.9. The molecular formula is C22H30O5. The summed E-state index contributed by atoms with van der Waals surface area (Å²) in [4.78, 5) is 11.9. The summed E-state index contributed by atoms with van der Waals surface area (Å²) in [5.74, 6) is 0.605. The van der Waals surface area contributed by atoms with Crippen LogP contribution in [0.25, 0.3) is 0 Å². The summed E-state index contributed by atoms with van der Waals surface area (Å²) in [7, 11) is 0. The van der Waals surface area contributed by atoms with Crippen molar-refractivity contribution in [1.29, 1.82) is 0 Å². The number of fused-ring (bicyclic) bond motifs is 3. The summed E-state index contributed by atoms with van der Waals surface area (Å²) in [6.45, 7) is 8.77. The third-order valence-corrected chi connectivity index (χ3v) is 8.13. The minimum atomic E-state index is -0.215. The van der Waals surface area contributed by atoms with Gasteiger partial charge in [-0.15, -0.1) is 0 Å². The molecule has 5 aliphatic rings. The summed E-state index contributed by atoms with van der Waals surface area (Å²) >= 11 is 0. The van der Waals surface area contributed by atoms with E-state index < -0.39 is 0 Å². The molecule has 2 saturated carbocycles. The van der Waals surface area contributed by atoms with Crippen molar-refractivity contribution in [2.75, 3.05) is 19.8 Å². The molecule has 1 spiro atoms. The van der Waals surface area contributed by atoms with E-state index in [1.165, 1.54) is 0 Å². The van der Waals surface area contributed by atoms with E-state index in [2.05, 4.69) is 19.9 Å². The molecule has 27 heavy (non-hydrogen) atoms. The van der Waals surface area contributed by atoms with Crippen molar-refractivity contribution in [3.63, 3.8) is 0 Å². The van der Waals surface area contributed by atoms with Crippen molar-refractivity contribution < 1.29 is 23.7 Å². The highest BCUT2D eigenvalue weighted by molar-refractivity contribution is 5.93. The van der Waals surface area contributed by atoms with Crippen LogP contribution < -0.4 is 0 Å². The van der Waals surface area contributed by atoms with Gasteiger partial charge in [-0.3, -0.25) is 0 Å². The third-order valence-electron chi connectivity index (χ3n) is 8.13. The van der Waals surface area contributed by atoms with Crippen LogP contribution in [0.1, 0.15) is 46.5 Å². The molecule has 7 atom stereocenters. The van der Waals surface area contributed by atoms with Crippen molar-refractivity contribution in [3.8, 4) is 0 Å². The number of esters is 1. The van der Waals surface area contributed by atoms with Gasteiger partial charge in [0.25, 0.3) is 0 Å². The van der Waals surface area contributed by atoms with Crippen molar-refractivity contribution >= 4 is 5.97 Å². The average molecular weight is 374 g/mol. The third kappa shape index (κ3) is 2.58. The first kappa shape index (κ1) is 17.9. The van der Waals surface area contributed by atoms with Crippen LogP contribution in [-0.2, 0) is 23.7 Å². The lowest BCUT2D eigenvalue weighted by Crippen LogP contribution is -2.63. The van der Waals surface area contributed by atoms with Gasteiger partial charge in [0.1, 0.15) is 6.61 Å². The minimum Gasteiger partial charge on any atom is -0.458 e. The lowest BCUT2D eigenvalue weighted by molar-refractivity contribution is -0.300. The molecule has 0 aromatic heterocycles. The van der Waals surface area contributed by atoms with Gasteiger partial charge in [0.2, 0.25) is 0 Å². The average Bonchev–Trinajstić information content (AvgIpc) is 3.28. The molecule has 3 aliphatic heterocycles. The summed E-state index contributed by atoms with van der Waals surface area (Å²) in [5, 5.41) is 0. The standard InChI is InChI=1S/C22H30O5/c1-14-25-12-21(3)16-6-10-22(13-26-22)17(5-4-15-8-11-24-19(15)23)20(16,2)9-7-18(21)27-14/h4-5,8,14,16-18H,6-7,9-13H2,1-3H3/b5-4+/t14-,16+,17+,18-,20-,21+,22-/m1/s1. The zero-order valence-electron chi connectivity index (χ0n) is 16.5. The number of hydrogen-bond donors (Lipinski definition) is 0. The highest BCUT2D eigenvalue weighted by atomic mass is 16.7. The molecule has 0 aromatic carbocycles. The van der Waals surface area contributed by atoms with Crippen LogP contribution in [0.5, 0.6) is 0 Å². The Bertz CT molecular complexity index is 707. The van der Waals surface area contributed by atoms with E-state index in [0.717, 1.165) is 38.9 Å². The number of carbonyl (C=O) groups excluding carboxylic acids is 1. The number of cyclic esters (lactones) is 1. The van der Waals surface area contributed by atoms with Gasteiger partial charge in [-0.25, -0.2) is 4.79 Å². The quantitative estimate of drug-likeness (QED) is 0.548. The second-order valence-corrected chi connectivity index (χ2v) is 9.59. The van der Waals surface area contributed by atoms with Crippen LogP contribution in [0.2, 0.25) is 0 Å². The molecule has 4 fully saturated rings. The van der Waals surface area contributed by atoms with Crippen LogP contribution in [-0.4, -0.2) is 43.8 Å². The zero-order valence-corrected chi connectivity index (χ0v) is 16.5. The van der Waals surface area contributed by atoms with E-state index in [9.17, 15) is 4.79 Å². The summed E-state index contributed by atoms with van der Waals surface area (Å²) in [6.07, 6.45) is 10.6. The maximum absolute atomic E-state index is 11.9. The van der Waals surface area contributed by atoms with Crippen LogP contribution in [0.15, 0.2) is 23.8 Å². The Balaban J connectivity index is 1.48. The van der Waals surface area contributed by atoms with Gasteiger partial charge in [0, 0.05) is 11.3 Å². The Hall–Kier alpha value is -1.17. The van der Waals surface area contributed by atoms with Crippen molar-refractivity contribution in [2.45, 2.75) is 64.4 Å². The molecule has 0 unspecified atom stereocenters.